The summed E-state index contributed by atoms with van der Waals surface area (Å²) in [5.41, 5.74) is 6.43. The van der Waals surface area contributed by atoms with Gasteiger partial charge < -0.3 is 0 Å². The molecule has 3 rings (SSSR count). The van der Waals surface area contributed by atoms with Crippen LogP contribution >= 0.6 is 0 Å². The maximum atomic E-state index is 12.6. The minimum absolute atomic E-state index is 0.0325. The molecule has 0 fully saturated rings. The molecule has 0 unspecified atom stereocenters. The Morgan fingerprint density at radius 2 is 1.65 bits per heavy atom. The molecule has 0 atom stereocenters. The Morgan fingerprint density at radius 1 is 0.962 bits per heavy atom. The van der Waals surface area contributed by atoms with Crippen molar-refractivity contribution in [3.63, 3.8) is 0 Å². The Kier molecular flexibility index (Phi) is 5.07. The maximum Gasteiger partial charge on any atom is 0.273 e. The number of carbonyl (C=O) groups excluding carboxylic acids is 2. The SMILES string of the molecule is CC(C)c1c(C(=O)NNC(=O)c2ccccc2)cnn1-c1ccccn1. The highest BCUT2D eigenvalue weighted by atomic mass is 16.2. The summed E-state index contributed by atoms with van der Waals surface area (Å²) in [7, 11) is 0. The number of aromatic nitrogens is 3. The van der Waals surface area contributed by atoms with Crippen LogP contribution in [0.15, 0.2) is 60.9 Å². The number of hydrazine groups is 1. The summed E-state index contributed by atoms with van der Waals surface area (Å²) in [6.07, 6.45) is 3.15. The van der Waals surface area contributed by atoms with Crippen LogP contribution in [-0.2, 0) is 0 Å². The van der Waals surface area contributed by atoms with Gasteiger partial charge in [-0.15, -0.1) is 0 Å². The van der Waals surface area contributed by atoms with E-state index >= 15 is 0 Å². The molecule has 2 aromatic heterocycles. The molecule has 2 N–H and O–H groups in total. The van der Waals surface area contributed by atoms with Crippen LogP contribution in [-0.4, -0.2) is 26.6 Å². The van der Waals surface area contributed by atoms with Gasteiger partial charge >= 0.3 is 0 Å². The first-order valence-corrected chi connectivity index (χ1v) is 8.23. The first kappa shape index (κ1) is 17.3. The van der Waals surface area contributed by atoms with Gasteiger partial charge in [0.05, 0.1) is 17.5 Å². The van der Waals surface area contributed by atoms with E-state index in [1.165, 1.54) is 6.20 Å². The van der Waals surface area contributed by atoms with Gasteiger partial charge in [0.2, 0.25) is 0 Å². The number of benzene rings is 1. The van der Waals surface area contributed by atoms with Gasteiger partial charge in [-0.2, -0.15) is 5.10 Å². The van der Waals surface area contributed by atoms with Gasteiger partial charge in [-0.25, -0.2) is 9.67 Å². The third-order valence-electron chi connectivity index (χ3n) is 3.79. The molecule has 3 aromatic rings. The maximum absolute atomic E-state index is 12.6. The Hall–Kier alpha value is -3.48. The first-order chi connectivity index (χ1) is 12.6. The van der Waals surface area contributed by atoms with Gasteiger partial charge in [0, 0.05) is 11.8 Å². The molecule has 26 heavy (non-hydrogen) atoms. The Balaban J connectivity index is 1.79. The number of rotatable bonds is 4. The molecule has 7 nitrogen and oxygen atoms in total. The minimum atomic E-state index is -0.430. The molecule has 7 heteroatoms. The Bertz CT molecular complexity index is 904. The van der Waals surface area contributed by atoms with Gasteiger partial charge in [0.1, 0.15) is 0 Å². The van der Waals surface area contributed by atoms with E-state index in [1.54, 1.807) is 35.1 Å². The lowest BCUT2D eigenvalue weighted by Gasteiger charge is -2.12. The number of hydrogen-bond donors (Lipinski definition) is 2. The fourth-order valence-electron chi connectivity index (χ4n) is 2.59. The fourth-order valence-corrected chi connectivity index (χ4v) is 2.59. The van der Waals surface area contributed by atoms with E-state index in [2.05, 4.69) is 20.9 Å². The summed E-state index contributed by atoms with van der Waals surface area (Å²) in [4.78, 5) is 28.9. The summed E-state index contributed by atoms with van der Waals surface area (Å²) in [6, 6.07) is 14.1. The highest BCUT2D eigenvalue weighted by molar-refractivity contribution is 5.99. The average Bonchev–Trinajstić information content (AvgIpc) is 3.13. The van der Waals surface area contributed by atoms with Gasteiger partial charge in [-0.05, 0) is 30.2 Å². The second kappa shape index (κ2) is 7.60. The zero-order valence-corrected chi connectivity index (χ0v) is 14.5. The molecule has 0 bridgehead atoms. The molecule has 0 aliphatic carbocycles. The van der Waals surface area contributed by atoms with E-state index < -0.39 is 5.91 Å². The Morgan fingerprint density at radius 3 is 2.31 bits per heavy atom. The van der Waals surface area contributed by atoms with E-state index in [0.29, 0.717) is 16.9 Å². The van der Waals surface area contributed by atoms with Crippen molar-refractivity contribution in [2.24, 2.45) is 0 Å². The molecule has 1 aromatic carbocycles. The number of nitrogens with zero attached hydrogens (tertiary/aromatic N) is 3. The fraction of sp³-hybridized carbons (Fsp3) is 0.158. The third-order valence-corrected chi connectivity index (χ3v) is 3.79. The van der Waals surface area contributed by atoms with Crippen LogP contribution in [0.3, 0.4) is 0 Å². The molecule has 0 saturated carbocycles. The highest BCUT2D eigenvalue weighted by Gasteiger charge is 2.21. The topological polar surface area (TPSA) is 88.9 Å². The van der Waals surface area contributed by atoms with Crippen LogP contribution in [0.5, 0.6) is 0 Å². The predicted molar refractivity (Wildman–Crippen MR) is 96.8 cm³/mol. The smallest absolute Gasteiger partial charge is 0.267 e. The zero-order chi connectivity index (χ0) is 18.5. The highest BCUT2D eigenvalue weighted by Crippen LogP contribution is 2.22. The van der Waals surface area contributed by atoms with Gasteiger partial charge in [0.15, 0.2) is 5.82 Å². The summed E-state index contributed by atoms with van der Waals surface area (Å²) in [6.45, 7) is 3.94. The van der Waals surface area contributed by atoms with Crippen molar-refractivity contribution in [3.05, 3.63) is 77.7 Å². The van der Waals surface area contributed by atoms with Crippen molar-refractivity contribution in [3.8, 4) is 5.82 Å². The predicted octanol–water partition coefficient (Wildman–Crippen LogP) is 2.47. The monoisotopic (exact) mass is 349 g/mol. The number of hydrogen-bond acceptors (Lipinski definition) is 4. The summed E-state index contributed by atoms with van der Waals surface area (Å²) in [5, 5.41) is 4.29. The lowest BCUT2D eigenvalue weighted by Crippen LogP contribution is -2.41. The average molecular weight is 349 g/mol. The number of amides is 2. The lowest BCUT2D eigenvalue weighted by atomic mass is 10.1. The van der Waals surface area contributed by atoms with Gasteiger partial charge in [-0.3, -0.25) is 20.4 Å². The van der Waals surface area contributed by atoms with Crippen molar-refractivity contribution in [2.45, 2.75) is 19.8 Å². The van der Waals surface area contributed by atoms with Crippen molar-refractivity contribution in [2.75, 3.05) is 0 Å². The van der Waals surface area contributed by atoms with E-state index in [1.807, 2.05) is 38.1 Å². The van der Waals surface area contributed by atoms with Crippen molar-refractivity contribution in [1.29, 1.82) is 0 Å². The van der Waals surface area contributed by atoms with Crippen LogP contribution in [0.25, 0.3) is 5.82 Å². The van der Waals surface area contributed by atoms with Crippen molar-refractivity contribution < 1.29 is 9.59 Å². The van der Waals surface area contributed by atoms with Crippen LogP contribution in [0.4, 0.5) is 0 Å². The second-order valence-electron chi connectivity index (χ2n) is 5.97. The number of carbonyl (C=O) groups is 2. The van der Waals surface area contributed by atoms with Gasteiger partial charge in [-0.1, -0.05) is 38.1 Å². The third kappa shape index (κ3) is 3.61. The normalized spacial score (nSPS) is 10.6. The molecule has 0 aliphatic rings. The summed E-state index contributed by atoms with van der Waals surface area (Å²) < 4.78 is 1.64. The first-order valence-electron chi connectivity index (χ1n) is 8.23. The Labute approximate surface area is 151 Å². The molecule has 2 amide bonds. The van der Waals surface area contributed by atoms with Crippen molar-refractivity contribution in [1.82, 2.24) is 25.6 Å². The van der Waals surface area contributed by atoms with Crippen LogP contribution in [0, 0.1) is 0 Å². The molecule has 2 heterocycles. The molecule has 0 saturated heterocycles. The number of nitrogens with one attached hydrogen (secondary N) is 2. The van der Waals surface area contributed by atoms with Crippen LogP contribution in [0.2, 0.25) is 0 Å². The van der Waals surface area contributed by atoms with E-state index in [4.69, 9.17) is 0 Å². The number of pyridine rings is 1. The zero-order valence-electron chi connectivity index (χ0n) is 14.5. The van der Waals surface area contributed by atoms with Crippen LogP contribution < -0.4 is 10.9 Å². The molecule has 132 valence electrons. The van der Waals surface area contributed by atoms with Crippen LogP contribution in [0.1, 0.15) is 46.2 Å². The van der Waals surface area contributed by atoms with E-state index in [-0.39, 0.29) is 11.8 Å². The largest absolute Gasteiger partial charge is 0.273 e. The lowest BCUT2D eigenvalue weighted by molar-refractivity contribution is 0.0846. The minimum Gasteiger partial charge on any atom is -0.267 e. The second-order valence-corrected chi connectivity index (χ2v) is 5.97. The molecule has 0 spiro atoms. The van der Waals surface area contributed by atoms with E-state index in [0.717, 1.165) is 5.69 Å². The molecule has 0 radical (unpaired) electrons. The van der Waals surface area contributed by atoms with E-state index in [9.17, 15) is 9.59 Å². The molecule has 0 aliphatic heterocycles. The standard InChI is InChI=1S/C19H19N5O2/c1-13(2)17-15(12-21-24(17)16-10-6-7-11-20-16)19(26)23-22-18(25)14-8-4-3-5-9-14/h3-13H,1-2H3,(H,22,25)(H,23,26). The molecular weight excluding hydrogens is 330 g/mol. The summed E-state index contributed by atoms with van der Waals surface area (Å²) >= 11 is 0. The summed E-state index contributed by atoms with van der Waals surface area (Å²) in [5.74, 6) is -0.157. The van der Waals surface area contributed by atoms with Crippen molar-refractivity contribution >= 4 is 11.8 Å². The molecular formula is C19H19N5O2. The quantitative estimate of drug-likeness (QED) is 0.708. The van der Waals surface area contributed by atoms with Gasteiger partial charge in [0.25, 0.3) is 11.8 Å².